The second-order valence-electron chi connectivity index (χ2n) is 7.45. The molecule has 5 nitrogen and oxygen atoms in total. The summed E-state index contributed by atoms with van der Waals surface area (Å²) in [5.74, 6) is 0. The van der Waals surface area contributed by atoms with Gasteiger partial charge >= 0.3 is 6.09 Å². The Labute approximate surface area is 131 Å². The topological polar surface area (TPSA) is 62.7 Å². The second kappa shape index (κ2) is 5.23. The van der Waals surface area contributed by atoms with Crippen molar-refractivity contribution < 1.29 is 14.6 Å². The molecule has 3 heterocycles. The Morgan fingerprint density at radius 1 is 1.36 bits per heavy atom. The molecule has 2 aliphatic rings. The summed E-state index contributed by atoms with van der Waals surface area (Å²) in [5, 5.41) is 11.0. The van der Waals surface area contributed by atoms with Crippen molar-refractivity contribution in [3.8, 4) is 0 Å². The zero-order valence-corrected chi connectivity index (χ0v) is 13.5. The van der Waals surface area contributed by atoms with Crippen molar-refractivity contribution in [3.63, 3.8) is 0 Å². The first-order valence-electron chi connectivity index (χ1n) is 7.93. The van der Waals surface area contributed by atoms with Crippen LogP contribution in [-0.2, 0) is 10.3 Å². The normalized spacial score (nSPS) is 31.2. The summed E-state index contributed by atoms with van der Waals surface area (Å²) >= 11 is 0. The molecule has 0 aromatic carbocycles. The van der Waals surface area contributed by atoms with E-state index < -0.39 is 11.2 Å². The van der Waals surface area contributed by atoms with Crippen LogP contribution in [0.1, 0.15) is 52.0 Å². The van der Waals surface area contributed by atoms with Gasteiger partial charge in [-0.1, -0.05) is 6.07 Å². The van der Waals surface area contributed by atoms with Crippen LogP contribution in [0.2, 0.25) is 0 Å². The molecule has 3 rings (SSSR count). The molecule has 2 saturated heterocycles. The van der Waals surface area contributed by atoms with Crippen LogP contribution in [-0.4, -0.2) is 38.8 Å². The van der Waals surface area contributed by atoms with E-state index in [1.54, 1.807) is 12.4 Å². The van der Waals surface area contributed by atoms with Crippen LogP contribution in [0.15, 0.2) is 24.5 Å². The Kier molecular flexibility index (Phi) is 3.63. The minimum atomic E-state index is -0.890. The minimum absolute atomic E-state index is 0.0406. The molecule has 22 heavy (non-hydrogen) atoms. The number of nitrogens with zero attached hydrogens (tertiary/aromatic N) is 2. The lowest BCUT2D eigenvalue weighted by Gasteiger charge is -2.44. The Bertz CT molecular complexity index is 539. The van der Waals surface area contributed by atoms with Crippen molar-refractivity contribution >= 4 is 6.09 Å². The van der Waals surface area contributed by atoms with E-state index in [9.17, 15) is 9.90 Å². The molecule has 1 N–H and O–H groups in total. The molecule has 1 unspecified atom stereocenters. The number of aliphatic hydroxyl groups is 1. The van der Waals surface area contributed by atoms with Crippen LogP contribution < -0.4 is 0 Å². The lowest BCUT2D eigenvalue weighted by molar-refractivity contribution is -0.0625. The summed E-state index contributed by atoms with van der Waals surface area (Å²) in [6.07, 6.45) is 6.12. The summed E-state index contributed by atoms with van der Waals surface area (Å²) in [4.78, 5) is 18.4. The summed E-state index contributed by atoms with van der Waals surface area (Å²) in [5.41, 5.74) is -0.539. The zero-order valence-electron chi connectivity index (χ0n) is 13.5. The molecule has 0 spiro atoms. The number of hydrogen-bond donors (Lipinski definition) is 1. The Morgan fingerprint density at radius 3 is 2.50 bits per heavy atom. The monoisotopic (exact) mass is 304 g/mol. The molecule has 0 aliphatic carbocycles. The van der Waals surface area contributed by atoms with E-state index in [4.69, 9.17) is 4.74 Å². The van der Waals surface area contributed by atoms with E-state index in [0.29, 0.717) is 12.8 Å². The smallest absolute Gasteiger partial charge is 0.410 e. The van der Waals surface area contributed by atoms with Crippen molar-refractivity contribution in [2.45, 2.75) is 69.7 Å². The first kappa shape index (κ1) is 15.3. The number of aromatic nitrogens is 1. The molecule has 5 heteroatoms. The van der Waals surface area contributed by atoms with Crippen molar-refractivity contribution in [3.05, 3.63) is 30.1 Å². The molecule has 120 valence electrons. The van der Waals surface area contributed by atoms with Gasteiger partial charge in [-0.3, -0.25) is 4.98 Å². The number of pyridine rings is 1. The molecule has 0 radical (unpaired) electrons. The third-order valence-corrected chi connectivity index (χ3v) is 4.57. The number of ether oxygens (including phenoxy) is 1. The molecular weight excluding hydrogens is 280 g/mol. The van der Waals surface area contributed by atoms with Crippen molar-refractivity contribution in [2.24, 2.45) is 0 Å². The van der Waals surface area contributed by atoms with Crippen LogP contribution >= 0.6 is 0 Å². The fourth-order valence-electron chi connectivity index (χ4n) is 3.71. The highest BCUT2D eigenvalue weighted by atomic mass is 16.6. The van der Waals surface area contributed by atoms with Crippen molar-refractivity contribution in [1.29, 1.82) is 0 Å². The minimum Gasteiger partial charge on any atom is -0.444 e. The molecule has 0 saturated carbocycles. The average molecular weight is 304 g/mol. The van der Waals surface area contributed by atoms with E-state index in [2.05, 4.69) is 4.98 Å². The van der Waals surface area contributed by atoms with E-state index >= 15 is 0 Å². The number of rotatable bonds is 1. The van der Waals surface area contributed by atoms with Crippen molar-refractivity contribution in [2.75, 3.05) is 0 Å². The predicted molar refractivity (Wildman–Crippen MR) is 82.3 cm³/mol. The third-order valence-electron chi connectivity index (χ3n) is 4.57. The van der Waals surface area contributed by atoms with Gasteiger partial charge in [0.05, 0.1) is 5.60 Å². The molecule has 2 bridgehead atoms. The fourth-order valence-corrected chi connectivity index (χ4v) is 3.71. The highest BCUT2D eigenvalue weighted by Crippen LogP contribution is 2.45. The fraction of sp³-hybridized carbons (Fsp3) is 0.647. The van der Waals surface area contributed by atoms with E-state index in [1.165, 1.54) is 0 Å². The number of carbonyl (C=O) groups excluding carboxylic acids is 1. The lowest BCUT2D eigenvalue weighted by Crippen LogP contribution is -2.53. The maximum Gasteiger partial charge on any atom is 0.410 e. The summed E-state index contributed by atoms with van der Waals surface area (Å²) < 4.78 is 5.52. The molecule has 3 atom stereocenters. The number of hydrogen-bond acceptors (Lipinski definition) is 4. The predicted octanol–water partition coefficient (Wildman–Crippen LogP) is 2.83. The van der Waals surface area contributed by atoms with Gasteiger partial charge in [0.25, 0.3) is 0 Å². The van der Waals surface area contributed by atoms with Gasteiger partial charge in [-0.15, -0.1) is 0 Å². The summed E-state index contributed by atoms with van der Waals surface area (Å²) in [6.45, 7) is 5.63. The van der Waals surface area contributed by atoms with Crippen LogP contribution in [0.4, 0.5) is 4.79 Å². The molecule has 1 aromatic rings. The quantitative estimate of drug-likeness (QED) is 0.866. The van der Waals surface area contributed by atoms with Crippen molar-refractivity contribution in [1.82, 2.24) is 9.88 Å². The van der Waals surface area contributed by atoms with Gasteiger partial charge in [0, 0.05) is 42.9 Å². The highest BCUT2D eigenvalue weighted by Gasteiger charge is 2.51. The number of fused-ring (bicyclic) bond motifs is 2. The van der Waals surface area contributed by atoms with Crippen LogP contribution in [0, 0.1) is 0 Å². The largest absolute Gasteiger partial charge is 0.444 e. The molecule has 1 aromatic heterocycles. The third kappa shape index (κ3) is 2.82. The van der Waals surface area contributed by atoms with Crippen LogP contribution in [0.25, 0.3) is 0 Å². The lowest BCUT2D eigenvalue weighted by atomic mass is 9.81. The average Bonchev–Trinajstić information content (AvgIpc) is 2.71. The molecule has 1 amide bonds. The maximum atomic E-state index is 12.4. The molecular formula is C17H24N2O3. The van der Waals surface area contributed by atoms with Gasteiger partial charge in [-0.25, -0.2) is 4.79 Å². The van der Waals surface area contributed by atoms with Gasteiger partial charge in [0.1, 0.15) is 5.60 Å². The summed E-state index contributed by atoms with van der Waals surface area (Å²) in [7, 11) is 0. The maximum absolute atomic E-state index is 12.4. The molecule has 2 aliphatic heterocycles. The summed E-state index contributed by atoms with van der Waals surface area (Å²) in [6, 6.07) is 3.84. The Hall–Kier alpha value is -1.62. The standard InChI is InChI=1S/C17H24N2O3/c1-16(2,3)22-15(20)19-13-6-7-14(19)10-17(21,9-13)12-5-4-8-18-11-12/h4-5,8,11,13-14,21H,6-7,9-10H2,1-3H3/t13-,14+,17?. The second-order valence-corrected chi connectivity index (χ2v) is 7.45. The van der Waals surface area contributed by atoms with Gasteiger partial charge in [-0.2, -0.15) is 0 Å². The Balaban J connectivity index is 1.78. The number of carbonyl (C=O) groups is 1. The first-order valence-corrected chi connectivity index (χ1v) is 7.93. The van der Waals surface area contributed by atoms with E-state index in [-0.39, 0.29) is 18.2 Å². The first-order chi connectivity index (χ1) is 10.3. The van der Waals surface area contributed by atoms with Gasteiger partial charge in [0.15, 0.2) is 0 Å². The van der Waals surface area contributed by atoms with Gasteiger partial charge < -0.3 is 14.7 Å². The zero-order chi connectivity index (χ0) is 16.0. The van der Waals surface area contributed by atoms with Gasteiger partial charge in [0.2, 0.25) is 0 Å². The Morgan fingerprint density at radius 2 is 2.00 bits per heavy atom. The van der Waals surface area contributed by atoms with Gasteiger partial charge in [-0.05, 0) is 39.7 Å². The SMILES string of the molecule is CC(C)(C)OC(=O)N1[C@@H]2CC[C@H]1CC(O)(c1cccnc1)C2. The number of piperidine rings is 1. The van der Waals surface area contributed by atoms with E-state index in [0.717, 1.165) is 18.4 Å². The highest BCUT2D eigenvalue weighted by molar-refractivity contribution is 5.69. The van der Waals surface area contributed by atoms with Crippen LogP contribution in [0.5, 0.6) is 0 Å². The number of amides is 1. The van der Waals surface area contributed by atoms with Crippen LogP contribution in [0.3, 0.4) is 0 Å². The van der Waals surface area contributed by atoms with E-state index in [1.807, 2.05) is 37.8 Å². The molecule has 2 fully saturated rings.